The summed E-state index contributed by atoms with van der Waals surface area (Å²) in [5, 5.41) is 11.1. The Bertz CT molecular complexity index is 379. The fourth-order valence-electron chi connectivity index (χ4n) is 1.12. The van der Waals surface area contributed by atoms with E-state index in [1.54, 1.807) is 24.3 Å². The van der Waals surface area contributed by atoms with Crippen molar-refractivity contribution in [2.45, 2.75) is 0 Å². The van der Waals surface area contributed by atoms with Crippen molar-refractivity contribution in [2.24, 2.45) is 0 Å². The number of anilines is 1. The molecule has 0 aliphatic heterocycles. The Kier molecular flexibility index (Phi) is 4.12. The average molecular weight is 228 g/mol. The first-order valence-electron chi connectivity index (χ1n) is 4.29. The van der Waals surface area contributed by atoms with Gasteiger partial charge in [-0.3, -0.25) is 9.59 Å². The van der Waals surface area contributed by atoms with Crippen molar-refractivity contribution in [3.63, 3.8) is 0 Å². The van der Waals surface area contributed by atoms with E-state index in [4.69, 9.17) is 16.7 Å². The standard InChI is InChI=1S/C10H10ClNO3/c11-5-9(13)7-3-1-2-4-8(7)12-6-10(14)15/h1-4,12H,5-6H2,(H,14,15). The summed E-state index contributed by atoms with van der Waals surface area (Å²) >= 11 is 5.43. The minimum Gasteiger partial charge on any atom is -0.480 e. The zero-order chi connectivity index (χ0) is 11.3. The highest BCUT2D eigenvalue weighted by Gasteiger charge is 2.09. The summed E-state index contributed by atoms with van der Waals surface area (Å²) in [6.07, 6.45) is 0. The maximum atomic E-state index is 11.4. The monoisotopic (exact) mass is 227 g/mol. The number of hydrogen-bond donors (Lipinski definition) is 2. The molecule has 1 aromatic carbocycles. The maximum absolute atomic E-state index is 11.4. The summed E-state index contributed by atoms with van der Waals surface area (Å²) in [5.74, 6) is -1.33. The van der Waals surface area contributed by atoms with Crippen molar-refractivity contribution in [1.82, 2.24) is 0 Å². The smallest absolute Gasteiger partial charge is 0.322 e. The first-order valence-corrected chi connectivity index (χ1v) is 4.82. The van der Waals surface area contributed by atoms with E-state index in [2.05, 4.69) is 5.32 Å². The molecule has 0 radical (unpaired) electrons. The van der Waals surface area contributed by atoms with Crippen molar-refractivity contribution in [3.8, 4) is 0 Å². The summed E-state index contributed by atoms with van der Waals surface area (Å²) in [5.41, 5.74) is 0.902. The molecule has 0 spiro atoms. The number of carbonyl (C=O) groups excluding carboxylic acids is 1. The molecule has 0 bridgehead atoms. The molecule has 1 rings (SSSR count). The number of halogens is 1. The molecule has 0 amide bonds. The number of carbonyl (C=O) groups is 2. The van der Waals surface area contributed by atoms with Crippen LogP contribution in [0.5, 0.6) is 0 Å². The first-order chi connectivity index (χ1) is 7.15. The van der Waals surface area contributed by atoms with Gasteiger partial charge in [-0.15, -0.1) is 11.6 Å². The fraction of sp³-hybridized carbons (Fsp3) is 0.200. The van der Waals surface area contributed by atoms with Crippen LogP contribution in [0.15, 0.2) is 24.3 Å². The second-order valence-corrected chi connectivity index (χ2v) is 3.12. The number of hydrogen-bond acceptors (Lipinski definition) is 3. The third kappa shape index (κ3) is 3.25. The number of para-hydroxylation sites is 1. The summed E-state index contributed by atoms with van der Waals surface area (Å²) in [6, 6.07) is 6.67. The number of aliphatic carboxylic acids is 1. The highest BCUT2D eigenvalue weighted by molar-refractivity contribution is 6.31. The molecule has 15 heavy (non-hydrogen) atoms. The number of ketones is 1. The van der Waals surface area contributed by atoms with Gasteiger partial charge < -0.3 is 10.4 Å². The van der Waals surface area contributed by atoms with Gasteiger partial charge in [0, 0.05) is 11.3 Å². The Hall–Kier alpha value is -1.55. The van der Waals surface area contributed by atoms with Gasteiger partial charge in [-0.1, -0.05) is 12.1 Å². The Morgan fingerprint density at radius 1 is 1.33 bits per heavy atom. The zero-order valence-electron chi connectivity index (χ0n) is 7.87. The lowest BCUT2D eigenvalue weighted by molar-refractivity contribution is -0.134. The largest absolute Gasteiger partial charge is 0.480 e. The predicted octanol–water partition coefficient (Wildman–Crippen LogP) is 1.60. The van der Waals surface area contributed by atoms with Crippen LogP contribution in [-0.4, -0.2) is 29.3 Å². The van der Waals surface area contributed by atoms with Crippen molar-refractivity contribution in [2.75, 3.05) is 17.7 Å². The Balaban J connectivity index is 2.86. The van der Waals surface area contributed by atoms with Crippen LogP contribution in [0.3, 0.4) is 0 Å². The minimum absolute atomic E-state index is 0.119. The lowest BCUT2D eigenvalue weighted by atomic mass is 10.1. The van der Waals surface area contributed by atoms with Gasteiger partial charge in [0.15, 0.2) is 5.78 Å². The van der Waals surface area contributed by atoms with E-state index in [1.165, 1.54) is 0 Å². The van der Waals surface area contributed by atoms with Gasteiger partial charge in [0.2, 0.25) is 0 Å². The zero-order valence-corrected chi connectivity index (χ0v) is 8.62. The molecule has 0 aliphatic carbocycles. The van der Waals surface area contributed by atoms with Crippen LogP contribution in [0.2, 0.25) is 0 Å². The number of carboxylic acid groups (broad SMARTS) is 1. The van der Waals surface area contributed by atoms with Gasteiger partial charge >= 0.3 is 5.97 Å². The summed E-state index contributed by atoms with van der Waals surface area (Å²) < 4.78 is 0. The molecular weight excluding hydrogens is 218 g/mol. The normalized spacial score (nSPS) is 9.67. The molecule has 5 heteroatoms. The quantitative estimate of drug-likeness (QED) is 0.592. The van der Waals surface area contributed by atoms with E-state index in [-0.39, 0.29) is 18.2 Å². The van der Waals surface area contributed by atoms with Gasteiger partial charge in [0.05, 0.1) is 5.88 Å². The lowest BCUT2D eigenvalue weighted by Gasteiger charge is -2.07. The SMILES string of the molecule is O=C(O)CNc1ccccc1C(=O)CCl. The maximum Gasteiger partial charge on any atom is 0.322 e. The molecule has 0 saturated carbocycles. The topological polar surface area (TPSA) is 66.4 Å². The van der Waals surface area contributed by atoms with E-state index >= 15 is 0 Å². The molecule has 0 saturated heterocycles. The molecule has 0 unspecified atom stereocenters. The minimum atomic E-state index is -0.983. The molecule has 0 fully saturated rings. The number of carboxylic acids is 1. The summed E-state index contributed by atoms with van der Waals surface area (Å²) in [6.45, 7) is -0.230. The van der Waals surface area contributed by atoms with Crippen LogP contribution in [-0.2, 0) is 4.79 Å². The van der Waals surface area contributed by atoms with Crippen LogP contribution in [0.4, 0.5) is 5.69 Å². The van der Waals surface area contributed by atoms with Gasteiger partial charge in [0.25, 0.3) is 0 Å². The van der Waals surface area contributed by atoms with E-state index in [9.17, 15) is 9.59 Å². The third-order valence-corrected chi connectivity index (χ3v) is 2.02. The number of rotatable bonds is 5. The Labute approximate surface area is 91.9 Å². The molecule has 1 aromatic rings. The van der Waals surface area contributed by atoms with Gasteiger partial charge in [0.1, 0.15) is 6.54 Å². The van der Waals surface area contributed by atoms with Crippen molar-refractivity contribution < 1.29 is 14.7 Å². The average Bonchev–Trinajstić information content (AvgIpc) is 2.25. The van der Waals surface area contributed by atoms with Crippen molar-refractivity contribution in [1.29, 1.82) is 0 Å². The van der Waals surface area contributed by atoms with Crippen molar-refractivity contribution >= 4 is 29.0 Å². The van der Waals surface area contributed by atoms with Crippen LogP contribution < -0.4 is 5.32 Å². The summed E-state index contributed by atoms with van der Waals surface area (Å²) in [7, 11) is 0. The molecular formula is C10H10ClNO3. The second-order valence-electron chi connectivity index (χ2n) is 2.85. The highest BCUT2D eigenvalue weighted by Crippen LogP contribution is 2.15. The number of alkyl halides is 1. The molecule has 0 atom stereocenters. The number of Topliss-reactive ketones (excluding diaryl/α,β-unsaturated/α-hetero) is 1. The van der Waals surface area contributed by atoms with Gasteiger partial charge in [-0.25, -0.2) is 0 Å². The van der Waals surface area contributed by atoms with Crippen LogP contribution in [0.25, 0.3) is 0 Å². The van der Waals surface area contributed by atoms with E-state index in [0.29, 0.717) is 11.3 Å². The van der Waals surface area contributed by atoms with Crippen LogP contribution >= 0.6 is 11.6 Å². The highest BCUT2D eigenvalue weighted by atomic mass is 35.5. The van der Waals surface area contributed by atoms with Crippen LogP contribution in [0, 0.1) is 0 Å². The number of benzene rings is 1. The molecule has 2 N–H and O–H groups in total. The van der Waals surface area contributed by atoms with Gasteiger partial charge in [-0.05, 0) is 12.1 Å². The Morgan fingerprint density at radius 2 is 2.00 bits per heavy atom. The fourth-order valence-corrected chi connectivity index (χ4v) is 1.27. The number of nitrogens with one attached hydrogen (secondary N) is 1. The molecule has 80 valence electrons. The second kappa shape index (κ2) is 5.36. The van der Waals surface area contributed by atoms with Crippen molar-refractivity contribution in [3.05, 3.63) is 29.8 Å². The lowest BCUT2D eigenvalue weighted by Crippen LogP contribution is -2.15. The molecule has 4 nitrogen and oxygen atoms in total. The van der Waals surface area contributed by atoms with Crippen LogP contribution in [0.1, 0.15) is 10.4 Å². The van der Waals surface area contributed by atoms with E-state index in [0.717, 1.165) is 0 Å². The van der Waals surface area contributed by atoms with E-state index in [1.807, 2.05) is 0 Å². The molecule has 0 aromatic heterocycles. The van der Waals surface area contributed by atoms with Gasteiger partial charge in [-0.2, -0.15) is 0 Å². The summed E-state index contributed by atoms with van der Waals surface area (Å²) in [4.78, 5) is 21.7. The predicted molar refractivity (Wildman–Crippen MR) is 57.6 cm³/mol. The molecule has 0 heterocycles. The van der Waals surface area contributed by atoms with E-state index < -0.39 is 5.97 Å². The third-order valence-electron chi connectivity index (χ3n) is 1.78. The Morgan fingerprint density at radius 3 is 2.60 bits per heavy atom. The first kappa shape index (κ1) is 11.5. The molecule has 0 aliphatic rings.